The summed E-state index contributed by atoms with van der Waals surface area (Å²) in [6.07, 6.45) is -5.07. The van der Waals surface area contributed by atoms with Crippen molar-refractivity contribution in [3.8, 4) is 0 Å². The maximum absolute atomic E-state index is 12.5. The fraction of sp³-hybridized carbons (Fsp3) is 0.455. The largest absolute Gasteiger partial charge is 0.465 e. The Labute approximate surface area is 107 Å². The first-order valence-corrected chi connectivity index (χ1v) is 5.65. The van der Waals surface area contributed by atoms with Crippen LogP contribution in [0.25, 0.3) is 0 Å². The van der Waals surface area contributed by atoms with E-state index in [1.165, 1.54) is 12.1 Å². The molecule has 2 rings (SSSR count). The highest BCUT2D eigenvalue weighted by Crippen LogP contribution is 2.29. The van der Waals surface area contributed by atoms with Crippen LogP contribution in [0.3, 0.4) is 0 Å². The number of carboxylic acid groups (broad SMARTS) is 1. The van der Waals surface area contributed by atoms with Gasteiger partial charge in [-0.2, -0.15) is 13.2 Å². The molecule has 5 nitrogen and oxygen atoms in total. The summed E-state index contributed by atoms with van der Waals surface area (Å²) in [6.45, 7) is 0.792. The normalized spacial score (nSPS) is 19.5. The van der Waals surface area contributed by atoms with Crippen molar-refractivity contribution in [1.29, 1.82) is 0 Å². The summed E-state index contributed by atoms with van der Waals surface area (Å²) in [5, 5.41) is 10.9. The maximum Gasteiger partial charge on any atom is 0.433 e. The Balaban J connectivity index is 2.09. The Morgan fingerprint density at radius 1 is 1.47 bits per heavy atom. The summed E-state index contributed by atoms with van der Waals surface area (Å²) in [5.74, 6) is 0.213. The third kappa shape index (κ3) is 3.27. The van der Waals surface area contributed by atoms with Crippen LogP contribution in [0.2, 0.25) is 0 Å². The van der Waals surface area contributed by atoms with Crippen LogP contribution in [-0.4, -0.2) is 35.3 Å². The van der Waals surface area contributed by atoms with Crippen LogP contribution in [0, 0.1) is 0 Å². The number of amides is 1. The molecule has 0 saturated carbocycles. The van der Waals surface area contributed by atoms with E-state index in [-0.39, 0.29) is 11.9 Å². The molecule has 2 heterocycles. The van der Waals surface area contributed by atoms with E-state index < -0.39 is 18.0 Å². The zero-order valence-corrected chi connectivity index (χ0v) is 9.81. The molecule has 0 bridgehead atoms. The van der Waals surface area contributed by atoms with Gasteiger partial charge in [0.05, 0.1) is 6.04 Å². The maximum atomic E-state index is 12.5. The minimum Gasteiger partial charge on any atom is -0.465 e. The number of nitrogens with zero attached hydrogens (tertiary/aromatic N) is 2. The molecule has 0 aliphatic carbocycles. The molecule has 19 heavy (non-hydrogen) atoms. The van der Waals surface area contributed by atoms with Gasteiger partial charge < -0.3 is 15.3 Å². The van der Waals surface area contributed by atoms with Gasteiger partial charge in [-0.15, -0.1) is 0 Å². The lowest BCUT2D eigenvalue weighted by molar-refractivity contribution is -0.141. The number of hydrogen-bond acceptors (Lipinski definition) is 3. The van der Waals surface area contributed by atoms with E-state index in [2.05, 4.69) is 10.3 Å². The predicted molar refractivity (Wildman–Crippen MR) is 61.0 cm³/mol. The molecule has 1 aromatic rings. The Morgan fingerprint density at radius 3 is 2.84 bits per heavy atom. The lowest BCUT2D eigenvalue weighted by Gasteiger charge is -2.18. The van der Waals surface area contributed by atoms with E-state index in [1.54, 1.807) is 4.90 Å². The van der Waals surface area contributed by atoms with Crippen LogP contribution in [-0.2, 0) is 6.18 Å². The van der Waals surface area contributed by atoms with Gasteiger partial charge in [0, 0.05) is 13.1 Å². The number of rotatable bonds is 2. The Morgan fingerprint density at radius 2 is 2.21 bits per heavy atom. The van der Waals surface area contributed by atoms with Crippen molar-refractivity contribution in [3.63, 3.8) is 0 Å². The van der Waals surface area contributed by atoms with Gasteiger partial charge >= 0.3 is 12.3 Å². The van der Waals surface area contributed by atoms with Crippen LogP contribution < -0.4 is 10.2 Å². The summed E-state index contributed by atoms with van der Waals surface area (Å²) in [4.78, 5) is 15.7. The Hall–Kier alpha value is -1.99. The second-order valence-corrected chi connectivity index (χ2v) is 4.26. The Bertz CT molecular complexity index is 478. The number of pyridine rings is 1. The molecular formula is C11H12F3N3O2. The monoisotopic (exact) mass is 275 g/mol. The molecule has 1 amide bonds. The van der Waals surface area contributed by atoms with Gasteiger partial charge in [-0.25, -0.2) is 9.78 Å². The van der Waals surface area contributed by atoms with Crippen LogP contribution in [0.15, 0.2) is 18.2 Å². The summed E-state index contributed by atoms with van der Waals surface area (Å²) in [5.41, 5.74) is -0.945. The lowest BCUT2D eigenvalue weighted by Crippen LogP contribution is -2.36. The van der Waals surface area contributed by atoms with Gasteiger partial charge in [0.1, 0.15) is 11.5 Å². The highest BCUT2D eigenvalue weighted by molar-refractivity contribution is 5.65. The molecule has 1 aromatic heterocycles. The number of hydrogen-bond donors (Lipinski definition) is 2. The molecule has 0 unspecified atom stereocenters. The van der Waals surface area contributed by atoms with Crippen LogP contribution in [0.4, 0.5) is 23.8 Å². The van der Waals surface area contributed by atoms with Gasteiger partial charge in [0.25, 0.3) is 0 Å². The highest BCUT2D eigenvalue weighted by atomic mass is 19.4. The van der Waals surface area contributed by atoms with Crippen LogP contribution in [0.5, 0.6) is 0 Å². The Kier molecular flexibility index (Phi) is 3.50. The number of halogens is 3. The second-order valence-electron chi connectivity index (χ2n) is 4.26. The highest BCUT2D eigenvalue weighted by Gasteiger charge is 2.33. The van der Waals surface area contributed by atoms with E-state index in [9.17, 15) is 18.0 Å². The van der Waals surface area contributed by atoms with E-state index in [0.29, 0.717) is 19.5 Å². The SMILES string of the molecule is O=C(O)N[C@@H]1CCN(c2cccc(C(F)(F)F)n2)C1. The summed E-state index contributed by atoms with van der Waals surface area (Å²) in [6, 6.07) is 3.41. The first-order chi connectivity index (χ1) is 8.86. The summed E-state index contributed by atoms with van der Waals surface area (Å²) >= 11 is 0. The molecule has 1 atom stereocenters. The fourth-order valence-electron chi connectivity index (χ4n) is 2.02. The summed E-state index contributed by atoms with van der Waals surface area (Å²) < 4.78 is 37.6. The summed E-state index contributed by atoms with van der Waals surface area (Å²) in [7, 11) is 0. The molecule has 2 N–H and O–H groups in total. The van der Waals surface area contributed by atoms with Gasteiger partial charge in [-0.05, 0) is 18.6 Å². The molecule has 1 fully saturated rings. The van der Waals surface area contributed by atoms with Gasteiger partial charge in [0.15, 0.2) is 0 Å². The molecule has 1 aliphatic rings. The molecule has 0 aromatic carbocycles. The molecule has 0 spiro atoms. The number of carbonyl (C=O) groups is 1. The molecule has 1 aliphatic heterocycles. The third-order valence-electron chi connectivity index (χ3n) is 2.86. The number of aromatic nitrogens is 1. The predicted octanol–water partition coefficient (Wildman–Crippen LogP) is 1.95. The minimum atomic E-state index is -4.48. The third-order valence-corrected chi connectivity index (χ3v) is 2.86. The second kappa shape index (κ2) is 4.94. The quantitative estimate of drug-likeness (QED) is 0.865. The van der Waals surface area contributed by atoms with Crippen molar-refractivity contribution < 1.29 is 23.1 Å². The average Bonchev–Trinajstić information content (AvgIpc) is 2.76. The van der Waals surface area contributed by atoms with Crippen molar-refractivity contribution in [2.45, 2.75) is 18.6 Å². The van der Waals surface area contributed by atoms with Crippen LogP contribution in [0.1, 0.15) is 12.1 Å². The first kappa shape index (κ1) is 13.4. The van der Waals surface area contributed by atoms with E-state index >= 15 is 0 Å². The van der Waals surface area contributed by atoms with E-state index in [4.69, 9.17) is 5.11 Å². The smallest absolute Gasteiger partial charge is 0.433 e. The number of anilines is 1. The van der Waals surface area contributed by atoms with Gasteiger partial charge in [-0.1, -0.05) is 6.07 Å². The fourth-order valence-corrected chi connectivity index (χ4v) is 2.02. The zero-order valence-electron chi connectivity index (χ0n) is 9.81. The molecule has 0 radical (unpaired) electrons. The first-order valence-electron chi connectivity index (χ1n) is 5.65. The van der Waals surface area contributed by atoms with Gasteiger partial charge in [-0.3, -0.25) is 0 Å². The standard InChI is InChI=1S/C11H12F3N3O2/c12-11(13,14)8-2-1-3-9(16-8)17-5-4-7(6-17)15-10(18)19/h1-3,7,15H,4-6H2,(H,18,19)/t7-/m1/s1. The van der Waals surface area contributed by atoms with Crippen molar-refractivity contribution in [2.75, 3.05) is 18.0 Å². The molecule has 1 saturated heterocycles. The van der Waals surface area contributed by atoms with Gasteiger partial charge in [0.2, 0.25) is 0 Å². The molecule has 104 valence electrons. The van der Waals surface area contributed by atoms with Crippen LogP contribution >= 0.6 is 0 Å². The topological polar surface area (TPSA) is 65.5 Å². The number of nitrogens with one attached hydrogen (secondary N) is 1. The van der Waals surface area contributed by atoms with Crippen molar-refractivity contribution in [1.82, 2.24) is 10.3 Å². The average molecular weight is 275 g/mol. The van der Waals surface area contributed by atoms with E-state index in [1.807, 2.05) is 0 Å². The van der Waals surface area contributed by atoms with Crippen molar-refractivity contribution >= 4 is 11.9 Å². The number of alkyl halides is 3. The zero-order chi connectivity index (χ0) is 14.0. The lowest BCUT2D eigenvalue weighted by atomic mass is 10.3. The van der Waals surface area contributed by atoms with Crippen molar-refractivity contribution in [2.24, 2.45) is 0 Å². The van der Waals surface area contributed by atoms with E-state index in [0.717, 1.165) is 6.07 Å². The minimum absolute atomic E-state index is 0.213. The molecule has 8 heteroatoms. The van der Waals surface area contributed by atoms with Crippen molar-refractivity contribution in [3.05, 3.63) is 23.9 Å². The molecular weight excluding hydrogens is 263 g/mol.